The van der Waals surface area contributed by atoms with Crippen LogP contribution in [0, 0.1) is 6.92 Å². The number of benzene rings is 2. The Kier molecular flexibility index (Phi) is 4.53. The highest BCUT2D eigenvalue weighted by atomic mass is 35.5. The number of thiazole rings is 1. The lowest BCUT2D eigenvalue weighted by Crippen LogP contribution is -2.22. The molecule has 26 heavy (non-hydrogen) atoms. The number of fused-ring (bicyclic) bond motifs is 1. The zero-order chi connectivity index (χ0) is 18.1. The Morgan fingerprint density at radius 2 is 2.04 bits per heavy atom. The van der Waals surface area contributed by atoms with Gasteiger partial charge in [0.15, 0.2) is 11.5 Å². The van der Waals surface area contributed by atoms with Crippen molar-refractivity contribution in [3.05, 3.63) is 63.6 Å². The molecule has 0 unspecified atom stereocenters. The van der Waals surface area contributed by atoms with E-state index in [1.807, 2.05) is 31.2 Å². The normalized spacial score (nSPS) is 12.2. The SMILES string of the molecule is Cc1nc(-c2ccccc2Cl)sc1CNC(=O)c1ccc2c(c1)OCO2. The number of carbonyl (C=O) groups excluding carboxylic acids is 1. The maximum absolute atomic E-state index is 12.4. The molecule has 3 aromatic rings. The summed E-state index contributed by atoms with van der Waals surface area (Å²) in [6.45, 7) is 2.52. The first kappa shape index (κ1) is 16.9. The van der Waals surface area contributed by atoms with E-state index >= 15 is 0 Å². The Hall–Kier alpha value is -2.57. The predicted molar refractivity (Wildman–Crippen MR) is 101 cm³/mol. The summed E-state index contributed by atoms with van der Waals surface area (Å²) < 4.78 is 10.6. The monoisotopic (exact) mass is 386 g/mol. The zero-order valence-corrected chi connectivity index (χ0v) is 15.5. The quantitative estimate of drug-likeness (QED) is 0.720. The number of carbonyl (C=O) groups is 1. The third-order valence-corrected chi connectivity index (χ3v) is 5.56. The van der Waals surface area contributed by atoms with Gasteiger partial charge in [-0.15, -0.1) is 11.3 Å². The molecule has 0 bridgehead atoms. The molecule has 1 aromatic heterocycles. The van der Waals surface area contributed by atoms with E-state index in [4.69, 9.17) is 21.1 Å². The van der Waals surface area contributed by atoms with Crippen LogP contribution in [0.25, 0.3) is 10.6 Å². The van der Waals surface area contributed by atoms with Crippen molar-refractivity contribution in [2.24, 2.45) is 0 Å². The van der Waals surface area contributed by atoms with Crippen molar-refractivity contribution in [3.8, 4) is 22.1 Å². The zero-order valence-electron chi connectivity index (χ0n) is 13.9. The summed E-state index contributed by atoms with van der Waals surface area (Å²) >= 11 is 7.78. The van der Waals surface area contributed by atoms with E-state index in [9.17, 15) is 4.79 Å². The third kappa shape index (κ3) is 3.25. The van der Waals surface area contributed by atoms with Crippen molar-refractivity contribution in [2.45, 2.75) is 13.5 Å². The molecular weight excluding hydrogens is 372 g/mol. The number of ether oxygens (including phenoxy) is 2. The van der Waals surface area contributed by atoms with E-state index < -0.39 is 0 Å². The van der Waals surface area contributed by atoms with Gasteiger partial charge in [-0.3, -0.25) is 4.79 Å². The van der Waals surface area contributed by atoms with Gasteiger partial charge >= 0.3 is 0 Å². The molecule has 2 heterocycles. The van der Waals surface area contributed by atoms with Crippen LogP contribution in [0.15, 0.2) is 42.5 Å². The van der Waals surface area contributed by atoms with Gasteiger partial charge in [-0.2, -0.15) is 0 Å². The van der Waals surface area contributed by atoms with Gasteiger partial charge in [-0.25, -0.2) is 4.98 Å². The fraction of sp³-hybridized carbons (Fsp3) is 0.158. The van der Waals surface area contributed by atoms with Crippen LogP contribution in [-0.4, -0.2) is 17.7 Å². The summed E-state index contributed by atoms with van der Waals surface area (Å²) in [5, 5.41) is 4.44. The van der Waals surface area contributed by atoms with Crippen LogP contribution >= 0.6 is 22.9 Å². The van der Waals surface area contributed by atoms with Crippen LogP contribution < -0.4 is 14.8 Å². The summed E-state index contributed by atoms with van der Waals surface area (Å²) in [6.07, 6.45) is 0. The van der Waals surface area contributed by atoms with Gasteiger partial charge in [0.2, 0.25) is 6.79 Å². The number of rotatable bonds is 4. The van der Waals surface area contributed by atoms with Crippen LogP contribution in [0.3, 0.4) is 0 Å². The highest BCUT2D eigenvalue weighted by Gasteiger charge is 2.17. The summed E-state index contributed by atoms with van der Waals surface area (Å²) in [6, 6.07) is 12.7. The Labute approximate surface area is 159 Å². The minimum atomic E-state index is -0.171. The second-order valence-corrected chi connectivity index (χ2v) is 7.25. The lowest BCUT2D eigenvalue weighted by Gasteiger charge is -2.05. The van der Waals surface area contributed by atoms with E-state index in [1.165, 1.54) is 11.3 Å². The number of aryl methyl sites for hydroxylation is 1. The molecule has 4 rings (SSSR count). The van der Waals surface area contributed by atoms with Crippen LogP contribution in [0.1, 0.15) is 20.9 Å². The van der Waals surface area contributed by atoms with Crippen molar-refractivity contribution in [1.29, 1.82) is 0 Å². The molecule has 2 aromatic carbocycles. The Bertz CT molecular complexity index is 987. The topological polar surface area (TPSA) is 60.5 Å². The number of hydrogen-bond donors (Lipinski definition) is 1. The first-order valence-corrected chi connectivity index (χ1v) is 9.20. The molecule has 0 radical (unpaired) electrons. The van der Waals surface area contributed by atoms with Crippen molar-refractivity contribution >= 4 is 28.8 Å². The van der Waals surface area contributed by atoms with Gasteiger partial charge in [0.05, 0.1) is 17.3 Å². The molecule has 0 aliphatic carbocycles. The Morgan fingerprint density at radius 1 is 1.23 bits per heavy atom. The minimum Gasteiger partial charge on any atom is -0.454 e. The number of amides is 1. The number of nitrogens with one attached hydrogen (secondary N) is 1. The fourth-order valence-electron chi connectivity index (χ4n) is 2.64. The molecule has 0 atom stereocenters. The maximum atomic E-state index is 12.4. The first-order chi connectivity index (χ1) is 12.6. The smallest absolute Gasteiger partial charge is 0.251 e. The third-order valence-electron chi connectivity index (χ3n) is 4.04. The van der Waals surface area contributed by atoms with Crippen molar-refractivity contribution < 1.29 is 14.3 Å². The molecule has 0 spiro atoms. The molecule has 1 amide bonds. The summed E-state index contributed by atoms with van der Waals surface area (Å²) in [5.41, 5.74) is 2.31. The van der Waals surface area contributed by atoms with E-state index in [0.717, 1.165) is 21.1 Å². The van der Waals surface area contributed by atoms with Crippen LogP contribution in [0.4, 0.5) is 0 Å². The molecule has 132 valence electrons. The van der Waals surface area contributed by atoms with Crippen molar-refractivity contribution in [1.82, 2.24) is 10.3 Å². The molecule has 1 aliphatic rings. The largest absolute Gasteiger partial charge is 0.454 e. The predicted octanol–water partition coefficient (Wildman–Crippen LogP) is 4.43. The van der Waals surface area contributed by atoms with Crippen LogP contribution in [0.2, 0.25) is 5.02 Å². The second-order valence-electron chi connectivity index (χ2n) is 5.76. The Morgan fingerprint density at radius 3 is 2.88 bits per heavy atom. The lowest BCUT2D eigenvalue weighted by molar-refractivity contribution is 0.0951. The van der Waals surface area contributed by atoms with Crippen LogP contribution in [-0.2, 0) is 6.54 Å². The molecular formula is C19H15ClN2O3S. The standard InChI is InChI=1S/C19H15ClN2O3S/c1-11-17(26-19(22-11)13-4-2-3-5-14(13)20)9-21-18(23)12-6-7-15-16(8-12)25-10-24-15/h2-8H,9-10H2,1H3,(H,21,23). The summed E-state index contributed by atoms with van der Waals surface area (Å²) in [7, 11) is 0. The maximum Gasteiger partial charge on any atom is 0.251 e. The van der Waals surface area contributed by atoms with Gasteiger partial charge in [0.1, 0.15) is 5.01 Å². The summed E-state index contributed by atoms with van der Waals surface area (Å²) in [5.74, 6) is 1.08. The number of aromatic nitrogens is 1. The average Bonchev–Trinajstić information content (AvgIpc) is 3.25. The highest BCUT2D eigenvalue weighted by Crippen LogP contribution is 2.34. The van der Waals surface area contributed by atoms with E-state index in [2.05, 4.69) is 10.3 Å². The highest BCUT2D eigenvalue weighted by molar-refractivity contribution is 7.15. The number of hydrogen-bond acceptors (Lipinski definition) is 5. The van der Waals surface area contributed by atoms with Crippen molar-refractivity contribution in [3.63, 3.8) is 0 Å². The number of nitrogens with zero attached hydrogens (tertiary/aromatic N) is 1. The van der Waals surface area contributed by atoms with Gasteiger partial charge in [-0.05, 0) is 31.2 Å². The Balaban J connectivity index is 1.48. The van der Waals surface area contributed by atoms with Crippen LogP contribution in [0.5, 0.6) is 11.5 Å². The van der Waals surface area contributed by atoms with Gasteiger partial charge in [0.25, 0.3) is 5.91 Å². The minimum absolute atomic E-state index is 0.171. The van der Waals surface area contributed by atoms with Crippen molar-refractivity contribution in [2.75, 3.05) is 6.79 Å². The molecule has 0 saturated carbocycles. The fourth-order valence-corrected chi connectivity index (χ4v) is 3.97. The van der Waals surface area contributed by atoms with Gasteiger partial charge in [-0.1, -0.05) is 29.8 Å². The molecule has 7 heteroatoms. The summed E-state index contributed by atoms with van der Waals surface area (Å²) in [4.78, 5) is 18.0. The molecule has 5 nitrogen and oxygen atoms in total. The van der Waals surface area contributed by atoms with Gasteiger partial charge < -0.3 is 14.8 Å². The van der Waals surface area contributed by atoms with E-state index in [0.29, 0.717) is 28.6 Å². The molecule has 1 N–H and O–H groups in total. The molecule has 1 aliphatic heterocycles. The van der Waals surface area contributed by atoms with Gasteiger partial charge in [0, 0.05) is 16.0 Å². The molecule has 0 fully saturated rings. The first-order valence-electron chi connectivity index (χ1n) is 8.01. The van der Waals surface area contributed by atoms with E-state index in [-0.39, 0.29) is 12.7 Å². The average molecular weight is 387 g/mol. The molecule has 0 saturated heterocycles. The van der Waals surface area contributed by atoms with E-state index in [1.54, 1.807) is 18.2 Å². The lowest BCUT2D eigenvalue weighted by atomic mass is 10.2. The number of halogens is 1. The second kappa shape index (κ2) is 6.97.